The van der Waals surface area contributed by atoms with Crippen LogP contribution in [0.25, 0.3) is 0 Å². The number of aliphatic hydroxyl groups is 1. The number of rotatable bonds is 3. The van der Waals surface area contributed by atoms with Gasteiger partial charge in [-0.1, -0.05) is 0 Å². The molecule has 78 valence electrons. The zero-order valence-corrected chi connectivity index (χ0v) is 8.19. The van der Waals surface area contributed by atoms with Gasteiger partial charge in [-0.15, -0.1) is 10.2 Å². The molecule has 1 aliphatic rings. The highest BCUT2D eigenvalue weighted by atomic mass is 16.2. The Kier molecular flexibility index (Phi) is 2.79. The first-order chi connectivity index (χ1) is 6.81. The van der Waals surface area contributed by atoms with Crippen molar-refractivity contribution >= 4 is 0 Å². The first kappa shape index (κ1) is 9.61. The summed E-state index contributed by atoms with van der Waals surface area (Å²) in [5, 5.41) is 17.0. The van der Waals surface area contributed by atoms with Crippen LogP contribution < -0.4 is 5.73 Å². The largest absolute Gasteiger partial charge is 0.396 e. The fourth-order valence-corrected chi connectivity index (χ4v) is 1.83. The van der Waals surface area contributed by atoms with Crippen LogP contribution in [0.4, 0.5) is 0 Å². The molecule has 0 saturated heterocycles. The number of nitrogens with zero attached hydrogens (tertiary/aromatic N) is 3. The van der Waals surface area contributed by atoms with Crippen LogP contribution in [0.3, 0.4) is 0 Å². The molecule has 14 heavy (non-hydrogen) atoms. The van der Waals surface area contributed by atoms with Crippen molar-refractivity contribution in [2.75, 3.05) is 6.61 Å². The number of hydrogen-bond donors (Lipinski definition) is 2. The van der Waals surface area contributed by atoms with Gasteiger partial charge in [-0.25, -0.2) is 0 Å². The number of fused-ring (bicyclic) bond motifs is 1. The van der Waals surface area contributed by atoms with Crippen LogP contribution in [-0.2, 0) is 19.4 Å². The maximum atomic E-state index is 8.74. The predicted molar refractivity (Wildman–Crippen MR) is 51.7 cm³/mol. The maximum absolute atomic E-state index is 8.74. The second-order valence-electron chi connectivity index (χ2n) is 3.77. The van der Waals surface area contributed by atoms with Gasteiger partial charge in [0.05, 0.1) is 0 Å². The van der Waals surface area contributed by atoms with E-state index in [9.17, 15) is 0 Å². The minimum Gasteiger partial charge on any atom is -0.396 e. The average Bonchev–Trinajstić information content (AvgIpc) is 2.57. The Balaban J connectivity index is 2.13. The minimum atomic E-state index is 0.203. The van der Waals surface area contributed by atoms with E-state index in [0.717, 1.165) is 43.9 Å². The molecule has 0 saturated carbocycles. The second kappa shape index (κ2) is 4.06. The number of aliphatic hydroxyl groups excluding tert-OH is 1. The van der Waals surface area contributed by atoms with Gasteiger partial charge < -0.3 is 15.4 Å². The van der Waals surface area contributed by atoms with Gasteiger partial charge in [-0.2, -0.15) is 0 Å². The van der Waals surface area contributed by atoms with Crippen molar-refractivity contribution in [1.82, 2.24) is 14.8 Å². The van der Waals surface area contributed by atoms with E-state index in [1.54, 1.807) is 0 Å². The van der Waals surface area contributed by atoms with E-state index in [1.165, 1.54) is 0 Å². The van der Waals surface area contributed by atoms with E-state index in [-0.39, 0.29) is 12.6 Å². The summed E-state index contributed by atoms with van der Waals surface area (Å²) in [7, 11) is 0. The molecule has 0 fully saturated rings. The van der Waals surface area contributed by atoms with Crippen molar-refractivity contribution < 1.29 is 5.11 Å². The average molecular weight is 196 g/mol. The second-order valence-corrected chi connectivity index (χ2v) is 3.77. The van der Waals surface area contributed by atoms with Crippen LogP contribution in [0.2, 0.25) is 0 Å². The third kappa shape index (κ3) is 1.78. The Morgan fingerprint density at radius 3 is 3.14 bits per heavy atom. The van der Waals surface area contributed by atoms with Crippen LogP contribution in [0, 0.1) is 0 Å². The highest BCUT2D eigenvalue weighted by molar-refractivity contribution is 5.01. The van der Waals surface area contributed by atoms with Crippen LogP contribution in [-0.4, -0.2) is 32.5 Å². The van der Waals surface area contributed by atoms with Crippen molar-refractivity contribution in [3.63, 3.8) is 0 Å². The number of aryl methyl sites for hydroxylation is 2. The third-order valence-corrected chi connectivity index (χ3v) is 2.62. The first-order valence-electron chi connectivity index (χ1n) is 5.08. The molecule has 1 aliphatic heterocycles. The lowest BCUT2D eigenvalue weighted by atomic mass is 10.1. The van der Waals surface area contributed by atoms with Gasteiger partial charge in [0.2, 0.25) is 0 Å². The SMILES string of the molecule is NC1CCc2nnc(CCCO)n2C1. The fraction of sp³-hybridized carbons (Fsp3) is 0.778. The molecule has 1 unspecified atom stereocenters. The van der Waals surface area contributed by atoms with Crippen LogP contribution >= 0.6 is 0 Å². The standard InChI is InChI=1S/C9H16N4O/c10-7-3-4-9-12-11-8(2-1-5-14)13(9)6-7/h7,14H,1-6,10H2. The van der Waals surface area contributed by atoms with E-state index in [4.69, 9.17) is 10.8 Å². The normalized spacial score (nSPS) is 20.9. The molecule has 2 heterocycles. The molecule has 2 rings (SSSR count). The van der Waals surface area contributed by atoms with Crippen LogP contribution in [0.15, 0.2) is 0 Å². The molecular formula is C9H16N4O. The monoisotopic (exact) mass is 196 g/mol. The Morgan fingerprint density at radius 1 is 1.50 bits per heavy atom. The van der Waals surface area contributed by atoms with E-state index >= 15 is 0 Å². The smallest absolute Gasteiger partial charge is 0.133 e. The van der Waals surface area contributed by atoms with Crippen molar-refractivity contribution in [2.24, 2.45) is 5.73 Å². The van der Waals surface area contributed by atoms with Gasteiger partial charge in [-0.05, 0) is 12.8 Å². The summed E-state index contributed by atoms with van der Waals surface area (Å²) >= 11 is 0. The summed E-state index contributed by atoms with van der Waals surface area (Å²) in [6.45, 7) is 1.03. The molecule has 0 aromatic carbocycles. The van der Waals surface area contributed by atoms with Gasteiger partial charge >= 0.3 is 0 Å². The van der Waals surface area contributed by atoms with Gasteiger partial charge in [0.25, 0.3) is 0 Å². The van der Waals surface area contributed by atoms with E-state index in [1.807, 2.05) is 0 Å². The summed E-state index contributed by atoms with van der Waals surface area (Å²) in [6.07, 6.45) is 3.45. The van der Waals surface area contributed by atoms with Gasteiger partial charge in [0, 0.05) is 32.0 Å². The molecule has 1 aromatic heterocycles. The fourth-order valence-electron chi connectivity index (χ4n) is 1.83. The number of nitrogens with two attached hydrogens (primary N) is 1. The summed E-state index contributed by atoms with van der Waals surface area (Å²) in [5.41, 5.74) is 5.88. The molecule has 0 amide bonds. The molecular weight excluding hydrogens is 180 g/mol. The highest BCUT2D eigenvalue weighted by Crippen LogP contribution is 2.14. The summed E-state index contributed by atoms with van der Waals surface area (Å²) in [4.78, 5) is 0. The molecule has 1 aromatic rings. The lowest BCUT2D eigenvalue weighted by Crippen LogP contribution is -2.32. The number of aromatic nitrogens is 3. The van der Waals surface area contributed by atoms with E-state index in [0.29, 0.717) is 0 Å². The molecule has 0 bridgehead atoms. The lowest BCUT2D eigenvalue weighted by Gasteiger charge is -2.20. The summed E-state index contributed by atoms with van der Waals surface area (Å²) in [6, 6.07) is 0.228. The molecule has 0 radical (unpaired) electrons. The zero-order valence-electron chi connectivity index (χ0n) is 8.19. The van der Waals surface area contributed by atoms with Crippen molar-refractivity contribution in [3.8, 4) is 0 Å². The molecule has 0 aliphatic carbocycles. The van der Waals surface area contributed by atoms with Crippen molar-refractivity contribution in [1.29, 1.82) is 0 Å². The third-order valence-electron chi connectivity index (χ3n) is 2.62. The summed E-state index contributed by atoms with van der Waals surface area (Å²) in [5.74, 6) is 2.00. The molecule has 0 spiro atoms. The van der Waals surface area contributed by atoms with Crippen LogP contribution in [0.5, 0.6) is 0 Å². The van der Waals surface area contributed by atoms with Crippen LogP contribution in [0.1, 0.15) is 24.5 Å². The first-order valence-corrected chi connectivity index (χ1v) is 5.08. The van der Waals surface area contributed by atoms with Gasteiger partial charge in [0.1, 0.15) is 11.6 Å². The zero-order chi connectivity index (χ0) is 9.97. The molecule has 3 N–H and O–H groups in total. The predicted octanol–water partition coefficient (Wildman–Crippen LogP) is -0.524. The molecule has 1 atom stereocenters. The topological polar surface area (TPSA) is 77.0 Å². The minimum absolute atomic E-state index is 0.203. The van der Waals surface area contributed by atoms with Crippen molar-refractivity contribution in [2.45, 2.75) is 38.3 Å². The van der Waals surface area contributed by atoms with Crippen molar-refractivity contribution in [3.05, 3.63) is 11.6 Å². The quantitative estimate of drug-likeness (QED) is 0.681. The molecule has 5 heteroatoms. The molecule has 5 nitrogen and oxygen atoms in total. The van der Waals surface area contributed by atoms with Gasteiger partial charge in [0.15, 0.2) is 0 Å². The Bertz CT molecular complexity index is 310. The highest BCUT2D eigenvalue weighted by Gasteiger charge is 2.19. The Morgan fingerprint density at radius 2 is 2.36 bits per heavy atom. The lowest BCUT2D eigenvalue weighted by molar-refractivity contribution is 0.286. The van der Waals surface area contributed by atoms with E-state index < -0.39 is 0 Å². The summed E-state index contributed by atoms with van der Waals surface area (Å²) < 4.78 is 2.10. The van der Waals surface area contributed by atoms with E-state index in [2.05, 4.69) is 14.8 Å². The number of hydrogen-bond acceptors (Lipinski definition) is 4. The Hall–Kier alpha value is -0.940. The van der Waals surface area contributed by atoms with Gasteiger partial charge in [-0.3, -0.25) is 0 Å². The maximum Gasteiger partial charge on any atom is 0.133 e. The Labute approximate surface area is 82.9 Å².